The largest absolute Gasteiger partial charge is 0.486 e. The first-order valence-electron chi connectivity index (χ1n) is 7.35. The highest BCUT2D eigenvalue weighted by Gasteiger charge is 2.22. The number of anilines is 1. The molecule has 2 aromatic rings. The van der Waals surface area contributed by atoms with Gasteiger partial charge in [0.2, 0.25) is 0 Å². The van der Waals surface area contributed by atoms with E-state index in [1.165, 1.54) is 0 Å². The fourth-order valence-electron chi connectivity index (χ4n) is 2.20. The summed E-state index contributed by atoms with van der Waals surface area (Å²) >= 11 is 3.30. The van der Waals surface area contributed by atoms with E-state index >= 15 is 0 Å². The topological polar surface area (TPSA) is 76.7 Å². The molecule has 2 amide bonds. The van der Waals surface area contributed by atoms with Gasteiger partial charge < -0.3 is 20.1 Å². The molecule has 0 unspecified atom stereocenters. The zero-order valence-electron chi connectivity index (χ0n) is 12.6. The summed E-state index contributed by atoms with van der Waals surface area (Å²) in [6, 6.07) is 14.3. The van der Waals surface area contributed by atoms with E-state index in [0.717, 1.165) is 4.47 Å². The Labute approximate surface area is 147 Å². The molecule has 0 spiro atoms. The molecule has 124 valence electrons. The Bertz CT molecular complexity index is 766. The fourth-order valence-corrected chi connectivity index (χ4v) is 2.60. The Morgan fingerprint density at radius 2 is 1.88 bits per heavy atom. The molecule has 0 fully saturated rings. The maximum Gasteiger partial charge on any atom is 0.313 e. The molecule has 2 N–H and O–H groups in total. The molecule has 24 heavy (non-hydrogen) atoms. The average molecular weight is 391 g/mol. The number of fused-ring (bicyclic) bond motifs is 1. The number of amides is 2. The minimum atomic E-state index is -0.731. The molecule has 0 saturated carbocycles. The number of hydrogen-bond donors (Lipinski definition) is 2. The van der Waals surface area contributed by atoms with Gasteiger partial charge in [0.15, 0.2) is 11.5 Å². The number of rotatable bonds is 3. The van der Waals surface area contributed by atoms with E-state index in [4.69, 9.17) is 9.47 Å². The smallest absolute Gasteiger partial charge is 0.313 e. The van der Waals surface area contributed by atoms with Gasteiger partial charge in [-0.2, -0.15) is 0 Å². The predicted molar refractivity (Wildman–Crippen MR) is 92.1 cm³/mol. The van der Waals surface area contributed by atoms with Crippen LogP contribution < -0.4 is 20.1 Å². The molecular formula is C17H15BrN2O4. The van der Waals surface area contributed by atoms with Gasteiger partial charge in [-0.05, 0) is 30.3 Å². The van der Waals surface area contributed by atoms with Crippen molar-refractivity contribution in [1.82, 2.24) is 5.32 Å². The summed E-state index contributed by atoms with van der Waals surface area (Å²) in [4.78, 5) is 23.8. The van der Waals surface area contributed by atoms with E-state index < -0.39 is 11.8 Å². The molecule has 1 atom stereocenters. The SMILES string of the molecule is O=C(NC[C@@H]1COc2ccccc2O1)C(=O)Nc1cccc(Br)c1. The van der Waals surface area contributed by atoms with Crippen molar-refractivity contribution in [2.24, 2.45) is 0 Å². The summed E-state index contributed by atoms with van der Waals surface area (Å²) in [5, 5.41) is 5.08. The van der Waals surface area contributed by atoms with E-state index in [1.807, 2.05) is 24.3 Å². The lowest BCUT2D eigenvalue weighted by molar-refractivity contribution is -0.136. The number of benzene rings is 2. The van der Waals surface area contributed by atoms with E-state index in [0.29, 0.717) is 23.8 Å². The summed E-state index contributed by atoms with van der Waals surface area (Å²) < 4.78 is 12.1. The monoisotopic (exact) mass is 390 g/mol. The molecule has 6 nitrogen and oxygen atoms in total. The second-order valence-corrected chi connectivity index (χ2v) is 6.09. The summed E-state index contributed by atoms with van der Waals surface area (Å²) in [6.45, 7) is 0.490. The van der Waals surface area contributed by atoms with Crippen LogP contribution in [0.25, 0.3) is 0 Å². The molecular weight excluding hydrogens is 376 g/mol. The summed E-state index contributed by atoms with van der Waals surface area (Å²) in [5.41, 5.74) is 0.538. The first-order chi connectivity index (χ1) is 11.6. The number of ether oxygens (including phenoxy) is 2. The van der Waals surface area contributed by atoms with Crippen molar-refractivity contribution in [3.8, 4) is 11.5 Å². The van der Waals surface area contributed by atoms with E-state index in [1.54, 1.807) is 24.3 Å². The van der Waals surface area contributed by atoms with Gasteiger partial charge in [-0.25, -0.2) is 0 Å². The van der Waals surface area contributed by atoms with Crippen LogP contribution in [0, 0.1) is 0 Å². The minimum Gasteiger partial charge on any atom is -0.486 e. The fraction of sp³-hybridized carbons (Fsp3) is 0.176. The van der Waals surface area contributed by atoms with Crippen LogP contribution in [-0.2, 0) is 9.59 Å². The Morgan fingerprint density at radius 3 is 2.67 bits per heavy atom. The van der Waals surface area contributed by atoms with Crippen LogP contribution in [0.4, 0.5) is 5.69 Å². The lowest BCUT2D eigenvalue weighted by Gasteiger charge is -2.26. The van der Waals surface area contributed by atoms with Crippen LogP contribution in [0.15, 0.2) is 53.0 Å². The highest BCUT2D eigenvalue weighted by molar-refractivity contribution is 9.10. The zero-order valence-corrected chi connectivity index (χ0v) is 14.2. The summed E-state index contributed by atoms with van der Waals surface area (Å²) in [6.07, 6.45) is -0.345. The Morgan fingerprint density at radius 1 is 1.08 bits per heavy atom. The van der Waals surface area contributed by atoms with Gasteiger partial charge in [-0.3, -0.25) is 9.59 Å². The molecule has 0 saturated heterocycles. The predicted octanol–water partition coefficient (Wildman–Crippen LogP) is 2.34. The van der Waals surface area contributed by atoms with Gasteiger partial charge in [0.1, 0.15) is 12.7 Å². The zero-order chi connectivity index (χ0) is 16.9. The lowest BCUT2D eigenvalue weighted by atomic mass is 10.2. The first kappa shape index (κ1) is 16.3. The van der Waals surface area contributed by atoms with Crippen LogP contribution in [0.2, 0.25) is 0 Å². The lowest BCUT2D eigenvalue weighted by Crippen LogP contribution is -2.44. The van der Waals surface area contributed by atoms with E-state index in [-0.39, 0.29) is 12.6 Å². The molecule has 1 aliphatic heterocycles. The van der Waals surface area contributed by atoms with Crippen molar-refractivity contribution >= 4 is 33.4 Å². The highest BCUT2D eigenvalue weighted by Crippen LogP contribution is 2.30. The quantitative estimate of drug-likeness (QED) is 0.788. The van der Waals surface area contributed by atoms with Crippen molar-refractivity contribution in [1.29, 1.82) is 0 Å². The average Bonchev–Trinajstić information content (AvgIpc) is 2.59. The third kappa shape index (κ3) is 4.05. The Balaban J connectivity index is 1.50. The number of carbonyl (C=O) groups is 2. The molecule has 0 radical (unpaired) electrons. The van der Waals surface area contributed by atoms with Crippen molar-refractivity contribution < 1.29 is 19.1 Å². The van der Waals surface area contributed by atoms with E-state index in [2.05, 4.69) is 26.6 Å². The molecule has 2 aromatic carbocycles. The molecule has 7 heteroatoms. The third-order valence-electron chi connectivity index (χ3n) is 3.35. The highest BCUT2D eigenvalue weighted by atomic mass is 79.9. The van der Waals surface area contributed by atoms with Gasteiger partial charge in [0, 0.05) is 10.2 Å². The van der Waals surface area contributed by atoms with Gasteiger partial charge in [-0.1, -0.05) is 34.1 Å². The van der Waals surface area contributed by atoms with Crippen LogP contribution in [-0.4, -0.2) is 31.1 Å². The van der Waals surface area contributed by atoms with Crippen LogP contribution in [0.1, 0.15) is 0 Å². The number of carbonyl (C=O) groups excluding carboxylic acids is 2. The van der Waals surface area contributed by atoms with Crippen LogP contribution >= 0.6 is 15.9 Å². The van der Waals surface area contributed by atoms with Gasteiger partial charge in [-0.15, -0.1) is 0 Å². The minimum absolute atomic E-state index is 0.180. The van der Waals surface area contributed by atoms with Crippen molar-refractivity contribution in [2.75, 3.05) is 18.5 Å². The molecule has 1 aliphatic rings. The van der Waals surface area contributed by atoms with Gasteiger partial charge >= 0.3 is 11.8 Å². The second kappa shape index (κ2) is 7.35. The third-order valence-corrected chi connectivity index (χ3v) is 3.84. The molecule has 0 bridgehead atoms. The molecule has 3 rings (SSSR count). The van der Waals surface area contributed by atoms with Gasteiger partial charge in [0.05, 0.1) is 6.54 Å². The Kier molecular flexibility index (Phi) is 5.00. The van der Waals surface area contributed by atoms with Gasteiger partial charge in [0.25, 0.3) is 0 Å². The maximum atomic E-state index is 11.9. The molecule has 1 heterocycles. The second-order valence-electron chi connectivity index (χ2n) is 5.17. The van der Waals surface area contributed by atoms with Crippen LogP contribution in [0.5, 0.6) is 11.5 Å². The summed E-state index contributed by atoms with van der Waals surface area (Å²) in [7, 11) is 0. The number of nitrogens with one attached hydrogen (secondary N) is 2. The first-order valence-corrected chi connectivity index (χ1v) is 8.14. The number of halogens is 1. The van der Waals surface area contributed by atoms with Crippen LogP contribution in [0.3, 0.4) is 0 Å². The standard InChI is InChI=1S/C17H15BrN2O4/c18-11-4-3-5-12(8-11)20-17(22)16(21)19-9-13-10-23-14-6-1-2-7-15(14)24-13/h1-8,13H,9-10H2,(H,19,21)(H,20,22)/t13-/m1/s1. The number of hydrogen-bond acceptors (Lipinski definition) is 4. The molecule has 0 aliphatic carbocycles. The number of para-hydroxylation sites is 2. The van der Waals surface area contributed by atoms with Crippen molar-refractivity contribution in [3.05, 3.63) is 53.0 Å². The normalized spacial score (nSPS) is 15.5. The molecule has 0 aromatic heterocycles. The Hall–Kier alpha value is -2.54. The summed E-state index contributed by atoms with van der Waals surface area (Å²) in [5.74, 6) is -0.156. The van der Waals surface area contributed by atoms with E-state index in [9.17, 15) is 9.59 Å². The maximum absolute atomic E-state index is 11.9. The van der Waals surface area contributed by atoms with Crippen molar-refractivity contribution in [3.63, 3.8) is 0 Å². The van der Waals surface area contributed by atoms with Crippen molar-refractivity contribution in [2.45, 2.75) is 6.10 Å².